The Hall–Kier alpha value is -3.16. The van der Waals surface area contributed by atoms with Crippen molar-refractivity contribution in [1.82, 2.24) is 20.0 Å². The lowest BCUT2D eigenvalue weighted by molar-refractivity contribution is -0.116. The Balaban J connectivity index is 1.59. The second-order valence-electron chi connectivity index (χ2n) is 6.96. The summed E-state index contributed by atoms with van der Waals surface area (Å²) in [5.41, 5.74) is 2.45. The normalized spacial score (nSPS) is 15.7. The molecule has 30 heavy (non-hydrogen) atoms. The molecule has 9 heteroatoms. The second kappa shape index (κ2) is 7.27. The van der Waals surface area contributed by atoms with Crippen LogP contribution in [0.2, 0.25) is 10.2 Å². The number of carbonyl (C=O) groups excluding carboxylic acids is 1. The van der Waals surface area contributed by atoms with Crippen LogP contribution in [-0.4, -0.2) is 25.9 Å². The second-order valence-corrected chi connectivity index (χ2v) is 7.75. The summed E-state index contributed by atoms with van der Waals surface area (Å²) in [5.74, 6) is 1.93. The highest BCUT2D eigenvalue weighted by Gasteiger charge is 2.34. The number of hydrogen-bond donors (Lipinski definition) is 1. The van der Waals surface area contributed by atoms with E-state index in [1.54, 1.807) is 16.8 Å². The van der Waals surface area contributed by atoms with Gasteiger partial charge in [-0.1, -0.05) is 35.3 Å². The molecule has 0 unspecified atom stereocenters. The Kier molecular flexibility index (Phi) is 4.56. The highest BCUT2D eigenvalue weighted by Crippen LogP contribution is 2.42. The first kappa shape index (κ1) is 18.8. The summed E-state index contributed by atoms with van der Waals surface area (Å²) in [7, 11) is 0. The van der Waals surface area contributed by atoms with E-state index in [2.05, 4.69) is 20.6 Å². The van der Waals surface area contributed by atoms with Gasteiger partial charge in [0.15, 0.2) is 11.0 Å². The van der Waals surface area contributed by atoms with Crippen molar-refractivity contribution < 1.29 is 9.21 Å². The van der Waals surface area contributed by atoms with Crippen LogP contribution in [-0.2, 0) is 4.79 Å². The number of nitrogens with zero attached hydrogens (tertiary/aromatic N) is 4. The first-order chi connectivity index (χ1) is 14.5. The smallest absolute Gasteiger partial charge is 0.226 e. The van der Waals surface area contributed by atoms with Crippen molar-refractivity contribution in [3.8, 4) is 17.1 Å². The van der Waals surface area contributed by atoms with Crippen LogP contribution in [0.1, 0.15) is 29.4 Å². The predicted octanol–water partition coefficient (Wildman–Crippen LogP) is 5.01. The van der Waals surface area contributed by atoms with Gasteiger partial charge in [0.1, 0.15) is 17.3 Å². The zero-order valence-electron chi connectivity index (χ0n) is 15.8. The van der Waals surface area contributed by atoms with Gasteiger partial charge in [-0.15, -0.1) is 10.2 Å². The number of furan rings is 1. The van der Waals surface area contributed by atoms with Crippen LogP contribution in [0, 0.1) is 6.92 Å². The van der Waals surface area contributed by atoms with Gasteiger partial charge in [0.05, 0.1) is 16.6 Å². The Labute approximate surface area is 181 Å². The molecule has 150 valence electrons. The number of benzene rings is 1. The molecule has 1 aliphatic rings. The van der Waals surface area contributed by atoms with E-state index in [0.717, 1.165) is 16.8 Å². The zero-order chi connectivity index (χ0) is 20.8. The lowest BCUT2D eigenvalue weighted by atomic mass is 9.90. The van der Waals surface area contributed by atoms with Crippen molar-refractivity contribution in [2.75, 3.05) is 5.32 Å². The van der Waals surface area contributed by atoms with Gasteiger partial charge < -0.3 is 9.73 Å². The lowest BCUT2D eigenvalue weighted by Crippen LogP contribution is -2.24. The van der Waals surface area contributed by atoms with Crippen molar-refractivity contribution in [3.05, 3.63) is 75.7 Å². The van der Waals surface area contributed by atoms with Crippen LogP contribution < -0.4 is 5.32 Å². The van der Waals surface area contributed by atoms with Crippen LogP contribution in [0.5, 0.6) is 0 Å². The molecular weight excluding hydrogens is 425 g/mol. The van der Waals surface area contributed by atoms with Gasteiger partial charge in [0.25, 0.3) is 0 Å². The average Bonchev–Trinajstić information content (AvgIpc) is 3.34. The topological polar surface area (TPSA) is 85.8 Å². The van der Waals surface area contributed by atoms with Gasteiger partial charge in [0, 0.05) is 17.5 Å². The fraction of sp³-hybridized carbons (Fsp3) is 0.143. The number of amides is 1. The number of halogens is 2. The van der Waals surface area contributed by atoms with Crippen LogP contribution in [0.3, 0.4) is 0 Å². The van der Waals surface area contributed by atoms with Crippen molar-refractivity contribution in [2.45, 2.75) is 19.3 Å². The molecule has 4 heterocycles. The zero-order valence-corrected chi connectivity index (χ0v) is 17.3. The molecule has 1 N–H and O–H groups in total. The van der Waals surface area contributed by atoms with Crippen LogP contribution in [0.15, 0.2) is 52.9 Å². The van der Waals surface area contributed by atoms with Crippen molar-refractivity contribution in [3.63, 3.8) is 0 Å². The van der Waals surface area contributed by atoms with Crippen molar-refractivity contribution in [2.24, 2.45) is 0 Å². The standard InChI is InChI=1S/C21H15Cl2N5O2/c1-11-20-13(16-7-6-15(30-16)12-4-2-3-5-14(12)22)10-19(29)24-21(20)28(27-11)18-9-8-17(23)25-26-18/h2-9,13H,10H2,1H3,(H,24,29)/t13-/m0/s1. The summed E-state index contributed by atoms with van der Waals surface area (Å²) < 4.78 is 7.70. The van der Waals surface area contributed by atoms with Crippen molar-refractivity contribution in [1.29, 1.82) is 0 Å². The number of fused-ring (bicyclic) bond motifs is 1. The molecule has 0 spiro atoms. The molecule has 0 saturated carbocycles. The molecule has 3 aromatic heterocycles. The number of aryl methyl sites for hydroxylation is 1. The Bertz CT molecular complexity index is 1260. The fourth-order valence-corrected chi connectivity index (χ4v) is 4.05. The Morgan fingerprint density at radius 2 is 1.93 bits per heavy atom. The molecule has 0 aliphatic carbocycles. The predicted molar refractivity (Wildman–Crippen MR) is 113 cm³/mol. The molecule has 0 fully saturated rings. The molecule has 1 atom stereocenters. The monoisotopic (exact) mass is 439 g/mol. The van der Waals surface area contributed by atoms with E-state index in [1.165, 1.54) is 0 Å². The van der Waals surface area contributed by atoms with E-state index >= 15 is 0 Å². The van der Waals surface area contributed by atoms with E-state index in [0.29, 0.717) is 28.2 Å². The van der Waals surface area contributed by atoms with Gasteiger partial charge in [-0.2, -0.15) is 9.78 Å². The number of rotatable bonds is 3. The summed E-state index contributed by atoms with van der Waals surface area (Å²) in [6.07, 6.45) is 0.251. The number of carbonyl (C=O) groups is 1. The maximum Gasteiger partial charge on any atom is 0.226 e. The SMILES string of the molecule is Cc1nn(-c2ccc(Cl)nn2)c2c1[C@H](c1ccc(-c3ccccc3Cl)o1)CC(=O)N2. The number of anilines is 1. The van der Waals surface area contributed by atoms with E-state index in [9.17, 15) is 4.79 Å². The Morgan fingerprint density at radius 1 is 1.10 bits per heavy atom. The van der Waals surface area contributed by atoms with Gasteiger partial charge in [-0.05, 0) is 43.3 Å². The minimum atomic E-state index is -0.279. The van der Waals surface area contributed by atoms with E-state index in [1.807, 2.05) is 43.3 Å². The number of aromatic nitrogens is 4. The van der Waals surface area contributed by atoms with E-state index < -0.39 is 0 Å². The molecule has 4 aromatic rings. The highest BCUT2D eigenvalue weighted by molar-refractivity contribution is 6.33. The van der Waals surface area contributed by atoms with E-state index in [-0.39, 0.29) is 23.4 Å². The first-order valence-corrected chi connectivity index (χ1v) is 10.0. The third-order valence-corrected chi connectivity index (χ3v) is 5.58. The van der Waals surface area contributed by atoms with Crippen LogP contribution in [0.25, 0.3) is 17.1 Å². The van der Waals surface area contributed by atoms with Gasteiger partial charge in [0.2, 0.25) is 5.91 Å². The quantitative estimate of drug-likeness (QED) is 0.484. The molecule has 0 saturated heterocycles. The summed E-state index contributed by atoms with van der Waals surface area (Å²) >= 11 is 12.1. The third kappa shape index (κ3) is 3.16. The summed E-state index contributed by atoms with van der Waals surface area (Å²) in [6, 6.07) is 14.5. The lowest BCUT2D eigenvalue weighted by Gasteiger charge is -2.22. The van der Waals surface area contributed by atoms with Gasteiger partial charge in [-0.3, -0.25) is 4.79 Å². The van der Waals surface area contributed by atoms with Crippen LogP contribution >= 0.6 is 23.2 Å². The van der Waals surface area contributed by atoms with Gasteiger partial charge in [-0.25, -0.2) is 0 Å². The molecule has 5 rings (SSSR count). The average molecular weight is 440 g/mol. The largest absolute Gasteiger partial charge is 0.460 e. The van der Waals surface area contributed by atoms with Crippen LogP contribution in [0.4, 0.5) is 5.82 Å². The molecule has 1 aromatic carbocycles. The summed E-state index contributed by atoms with van der Waals surface area (Å²) in [5, 5.41) is 16.3. The first-order valence-electron chi connectivity index (χ1n) is 9.25. The Morgan fingerprint density at radius 3 is 2.70 bits per heavy atom. The van der Waals surface area contributed by atoms with Crippen molar-refractivity contribution >= 4 is 34.9 Å². The molecular formula is C21H15Cl2N5O2. The minimum absolute atomic E-state index is 0.133. The number of nitrogens with one attached hydrogen (secondary N) is 1. The molecule has 0 bridgehead atoms. The summed E-state index contributed by atoms with van der Waals surface area (Å²) in [4.78, 5) is 12.5. The summed E-state index contributed by atoms with van der Waals surface area (Å²) in [6.45, 7) is 1.89. The molecule has 1 amide bonds. The highest BCUT2D eigenvalue weighted by atomic mass is 35.5. The third-order valence-electron chi connectivity index (χ3n) is 5.05. The molecule has 7 nitrogen and oxygen atoms in total. The maximum atomic E-state index is 12.5. The molecule has 0 radical (unpaired) electrons. The fourth-order valence-electron chi connectivity index (χ4n) is 3.72. The minimum Gasteiger partial charge on any atom is -0.460 e. The number of hydrogen-bond acceptors (Lipinski definition) is 5. The molecule has 1 aliphatic heterocycles. The van der Waals surface area contributed by atoms with Gasteiger partial charge >= 0.3 is 0 Å². The maximum absolute atomic E-state index is 12.5. The van der Waals surface area contributed by atoms with E-state index in [4.69, 9.17) is 27.6 Å².